The quantitative estimate of drug-likeness (QED) is 0.0993. The summed E-state index contributed by atoms with van der Waals surface area (Å²) in [5.74, 6) is 1.22. The van der Waals surface area contributed by atoms with Crippen molar-refractivity contribution in [3.8, 4) is 17.2 Å². The van der Waals surface area contributed by atoms with E-state index in [4.69, 9.17) is 14.5 Å². The number of allylic oxidation sites excluding steroid dienone is 1. The van der Waals surface area contributed by atoms with Gasteiger partial charge in [-0.15, -0.1) is 0 Å². The maximum Gasteiger partial charge on any atom is 0.255 e. The van der Waals surface area contributed by atoms with Gasteiger partial charge in [0.2, 0.25) is 17.7 Å². The number of fused-ring (bicyclic) bond motifs is 2. The second kappa shape index (κ2) is 19.9. The molecule has 374 valence electrons. The van der Waals surface area contributed by atoms with Crippen LogP contribution in [0.25, 0.3) is 10.9 Å². The largest absolute Gasteiger partial charge is 0.495 e. The second-order valence-electron chi connectivity index (χ2n) is 20.3. The monoisotopic (exact) mass is 975 g/mol. The van der Waals surface area contributed by atoms with Crippen molar-refractivity contribution < 1.29 is 33.0 Å². The first kappa shape index (κ1) is 47.3. The molecule has 1 aromatic heterocycles. The predicted molar refractivity (Wildman–Crippen MR) is 275 cm³/mol. The van der Waals surface area contributed by atoms with Gasteiger partial charge in [0.25, 0.3) is 5.91 Å². The lowest BCUT2D eigenvalue weighted by Gasteiger charge is -2.44. The van der Waals surface area contributed by atoms with E-state index in [1.807, 2.05) is 24.3 Å². The van der Waals surface area contributed by atoms with Crippen LogP contribution in [0, 0.1) is 17.2 Å². The average molecular weight is 976 g/mol. The highest BCUT2D eigenvalue weighted by Crippen LogP contribution is 2.48. The first-order chi connectivity index (χ1) is 35.0. The number of pyridine rings is 1. The number of piperidine rings is 3. The lowest BCUT2D eigenvalue weighted by Crippen LogP contribution is -2.54. The minimum atomic E-state index is -1.16. The third kappa shape index (κ3) is 9.57. The van der Waals surface area contributed by atoms with Crippen LogP contribution in [-0.2, 0) is 20.9 Å². The van der Waals surface area contributed by atoms with Gasteiger partial charge in [-0.3, -0.25) is 29.1 Å². The highest BCUT2D eigenvalue weighted by molar-refractivity contribution is 6.17. The number of amides is 4. The minimum absolute atomic E-state index is 0.0454. The van der Waals surface area contributed by atoms with E-state index >= 15 is 0 Å². The number of nitrogens with one attached hydrogen (secondary N) is 3. The fourth-order valence-corrected chi connectivity index (χ4v) is 11.5. The Kier molecular flexibility index (Phi) is 13.1. The molecule has 6 aliphatic rings. The van der Waals surface area contributed by atoms with Gasteiger partial charge >= 0.3 is 0 Å². The number of nitrogens with zero attached hydrogens (tertiary/aromatic N) is 6. The van der Waals surface area contributed by atoms with Crippen molar-refractivity contribution in [3.63, 3.8) is 0 Å². The summed E-state index contributed by atoms with van der Waals surface area (Å²) in [7, 11) is 1.70. The first-order valence-electron chi connectivity index (χ1n) is 25.5. The standard InChI is InChI=1S/C56H62FN9O6/c1-36-6-15-48(52(67)59-36)66-35-45-43(53(66)68)4-3-5-47(45)64-26-19-41(20-27-64)63-30-28-62(29-31-63)34-37-17-24-65(25-18-37)49-33-46-44(32-51(49)71-2)50(16-23-58-46)72-42-13-11-40(12-14-42)61-55(70)56(21-22-56)54(69)60-39-9-7-38(57)8-10-39/h3-5,7-14,16,23,32-33,37,41,48H,1,6,15,17-22,24-31,34-35H2,2H3,(H,59,67)(H,60,69)(H,61,70). The molecule has 15 nitrogen and oxygen atoms in total. The van der Waals surface area contributed by atoms with Gasteiger partial charge < -0.3 is 45.0 Å². The molecule has 0 bridgehead atoms. The van der Waals surface area contributed by atoms with Gasteiger partial charge in [0, 0.05) is 117 Å². The summed E-state index contributed by atoms with van der Waals surface area (Å²) < 4.78 is 25.7. The molecule has 5 aromatic rings. The van der Waals surface area contributed by atoms with Crippen molar-refractivity contribution >= 4 is 57.3 Å². The average Bonchev–Trinajstić information content (AvgIpc) is 4.16. The molecule has 1 unspecified atom stereocenters. The van der Waals surface area contributed by atoms with E-state index in [0.717, 1.165) is 129 Å². The van der Waals surface area contributed by atoms with Crippen LogP contribution >= 0.6 is 0 Å². The van der Waals surface area contributed by atoms with E-state index in [1.165, 1.54) is 24.3 Å². The van der Waals surface area contributed by atoms with Gasteiger partial charge in [-0.25, -0.2) is 4.39 Å². The predicted octanol–water partition coefficient (Wildman–Crippen LogP) is 7.78. The number of aromatic nitrogens is 1. The zero-order valence-corrected chi connectivity index (χ0v) is 40.8. The number of halogens is 1. The van der Waals surface area contributed by atoms with Crippen LogP contribution in [0.2, 0.25) is 0 Å². The molecule has 3 N–H and O–H groups in total. The molecule has 1 aliphatic carbocycles. The molecule has 0 radical (unpaired) electrons. The van der Waals surface area contributed by atoms with Crippen molar-refractivity contribution in [1.29, 1.82) is 0 Å². The second-order valence-corrected chi connectivity index (χ2v) is 20.3. The Labute approximate surface area is 419 Å². The molecule has 4 aromatic carbocycles. The summed E-state index contributed by atoms with van der Waals surface area (Å²) in [4.78, 5) is 69.3. The number of ether oxygens (including phenoxy) is 2. The number of methoxy groups -OCH3 is 1. The normalized spacial score (nSPS) is 20.8. The number of benzene rings is 4. The SMILES string of the molecule is C=C1CCC(N2Cc3c(cccc3N3CCC(N4CCN(CC5CCN(c6cc7nccc(Oc8ccc(NC(=O)C9(C(=O)Nc%10ccc(F)cc%10)CC9)cc8)c7cc6OC)CC5)CC4)CC3)C2=O)C(=O)N1. The van der Waals surface area contributed by atoms with E-state index in [1.54, 1.807) is 42.5 Å². The molecular weight excluding hydrogens is 914 g/mol. The Morgan fingerprint density at radius 2 is 1.46 bits per heavy atom. The molecule has 1 saturated carbocycles. The summed E-state index contributed by atoms with van der Waals surface area (Å²) in [5, 5.41) is 9.29. The number of carbonyl (C=O) groups is 4. The lowest BCUT2D eigenvalue weighted by atomic mass is 9.95. The third-order valence-corrected chi connectivity index (χ3v) is 15.9. The highest BCUT2D eigenvalue weighted by Gasteiger charge is 2.56. The Morgan fingerprint density at radius 1 is 0.792 bits per heavy atom. The van der Waals surface area contributed by atoms with Crippen LogP contribution in [0.5, 0.6) is 17.2 Å². The number of hydrogen-bond acceptors (Lipinski definition) is 11. The van der Waals surface area contributed by atoms with Crippen LogP contribution in [0.15, 0.2) is 103 Å². The van der Waals surface area contributed by atoms with Gasteiger partial charge in [-0.1, -0.05) is 12.6 Å². The van der Waals surface area contributed by atoms with Gasteiger partial charge in [-0.2, -0.15) is 0 Å². The van der Waals surface area contributed by atoms with E-state index in [0.29, 0.717) is 67.1 Å². The fraction of sp³-hybridized carbons (Fsp3) is 0.411. The van der Waals surface area contributed by atoms with Crippen molar-refractivity contribution in [2.45, 2.75) is 70.0 Å². The maximum atomic E-state index is 13.5. The van der Waals surface area contributed by atoms with Crippen LogP contribution in [-0.4, -0.2) is 121 Å². The molecule has 16 heteroatoms. The van der Waals surface area contributed by atoms with Gasteiger partial charge in [0.15, 0.2) is 0 Å². The highest BCUT2D eigenvalue weighted by atomic mass is 19.1. The summed E-state index contributed by atoms with van der Waals surface area (Å²) >= 11 is 0. The van der Waals surface area contributed by atoms with E-state index in [-0.39, 0.29) is 17.7 Å². The van der Waals surface area contributed by atoms with Crippen molar-refractivity contribution in [2.24, 2.45) is 11.3 Å². The molecule has 5 aliphatic heterocycles. The zero-order chi connectivity index (χ0) is 49.5. The molecule has 1 atom stereocenters. The van der Waals surface area contributed by atoms with Crippen LogP contribution in [0.4, 0.5) is 27.1 Å². The summed E-state index contributed by atoms with van der Waals surface area (Å²) in [5.41, 5.74) is 5.29. The third-order valence-electron chi connectivity index (χ3n) is 15.9. The van der Waals surface area contributed by atoms with Gasteiger partial charge in [0.05, 0.1) is 18.3 Å². The first-order valence-corrected chi connectivity index (χ1v) is 25.5. The van der Waals surface area contributed by atoms with Crippen LogP contribution < -0.4 is 35.2 Å². The number of piperazine rings is 1. The smallest absolute Gasteiger partial charge is 0.255 e. The van der Waals surface area contributed by atoms with E-state index < -0.39 is 23.2 Å². The van der Waals surface area contributed by atoms with Gasteiger partial charge in [0.1, 0.15) is 34.5 Å². The number of anilines is 4. The Balaban J connectivity index is 0.639. The topological polar surface area (TPSA) is 152 Å². The Bertz CT molecular complexity index is 2890. The number of rotatable bonds is 13. The lowest BCUT2D eigenvalue weighted by molar-refractivity contribution is -0.131. The Morgan fingerprint density at radius 3 is 2.12 bits per heavy atom. The van der Waals surface area contributed by atoms with E-state index in [2.05, 4.69) is 54.3 Å². The summed E-state index contributed by atoms with van der Waals surface area (Å²) in [6.45, 7) is 13.6. The van der Waals surface area contributed by atoms with E-state index in [9.17, 15) is 23.6 Å². The molecule has 5 fully saturated rings. The van der Waals surface area contributed by atoms with Gasteiger partial charge in [-0.05, 0) is 136 Å². The molecule has 4 saturated heterocycles. The number of hydrogen-bond donors (Lipinski definition) is 3. The number of carbonyl (C=O) groups excluding carboxylic acids is 4. The zero-order valence-electron chi connectivity index (χ0n) is 40.8. The Hall–Kier alpha value is -7.04. The van der Waals surface area contributed by atoms with Crippen molar-refractivity contribution in [1.82, 2.24) is 25.0 Å². The summed E-state index contributed by atoms with van der Waals surface area (Å²) in [6, 6.07) is 24.6. The fourth-order valence-electron chi connectivity index (χ4n) is 11.5. The van der Waals surface area contributed by atoms with Crippen molar-refractivity contribution in [3.05, 3.63) is 120 Å². The molecular formula is C56H62FN9O6. The van der Waals surface area contributed by atoms with Crippen molar-refractivity contribution in [2.75, 3.05) is 86.4 Å². The van der Waals surface area contributed by atoms with Crippen LogP contribution in [0.1, 0.15) is 67.3 Å². The van der Waals surface area contributed by atoms with Crippen LogP contribution in [0.3, 0.4) is 0 Å². The summed E-state index contributed by atoms with van der Waals surface area (Å²) in [6.07, 6.45) is 8.32. The maximum absolute atomic E-state index is 13.5. The molecule has 0 spiro atoms. The minimum Gasteiger partial charge on any atom is -0.495 e. The molecule has 6 heterocycles. The molecule has 72 heavy (non-hydrogen) atoms. The molecule has 11 rings (SSSR count). The molecule has 4 amide bonds.